The van der Waals surface area contributed by atoms with Gasteiger partial charge >= 0.3 is 0 Å². The van der Waals surface area contributed by atoms with Crippen molar-refractivity contribution in [2.75, 3.05) is 10.6 Å². The molecule has 6 nitrogen and oxygen atoms in total. The van der Waals surface area contributed by atoms with Crippen LogP contribution in [-0.4, -0.2) is 21.4 Å². The zero-order valence-electron chi connectivity index (χ0n) is 17.5. The van der Waals surface area contributed by atoms with Crippen LogP contribution in [0.2, 0.25) is 0 Å². The average molecular weight is 431 g/mol. The van der Waals surface area contributed by atoms with Crippen LogP contribution in [0.4, 0.5) is 11.4 Å². The molecule has 2 aromatic heterocycles. The van der Waals surface area contributed by atoms with Crippen LogP contribution >= 0.6 is 11.3 Å². The van der Waals surface area contributed by atoms with E-state index in [4.69, 9.17) is 0 Å². The van der Waals surface area contributed by atoms with E-state index in [1.807, 2.05) is 67.1 Å². The summed E-state index contributed by atoms with van der Waals surface area (Å²) in [6.45, 7) is 5.78. The molecule has 0 fully saturated rings. The monoisotopic (exact) mass is 430 g/mol. The van der Waals surface area contributed by atoms with Crippen LogP contribution < -0.4 is 10.6 Å². The van der Waals surface area contributed by atoms with Crippen molar-refractivity contribution in [3.63, 3.8) is 0 Å². The maximum Gasteiger partial charge on any atom is 0.257 e. The lowest BCUT2D eigenvalue weighted by Gasteiger charge is -2.12. The molecule has 0 spiro atoms. The maximum atomic E-state index is 13.0. The van der Waals surface area contributed by atoms with Crippen LogP contribution in [0.5, 0.6) is 0 Å². The van der Waals surface area contributed by atoms with Gasteiger partial charge in [0.15, 0.2) is 5.13 Å². The Morgan fingerprint density at radius 1 is 0.935 bits per heavy atom. The Morgan fingerprint density at radius 2 is 1.71 bits per heavy atom. The second kappa shape index (κ2) is 8.57. The van der Waals surface area contributed by atoms with E-state index in [9.17, 15) is 9.59 Å². The van der Waals surface area contributed by atoms with Crippen LogP contribution in [0.1, 0.15) is 37.7 Å². The van der Waals surface area contributed by atoms with Crippen LogP contribution in [0.15, 0.2) is 66.2 Å². The van der Waals surface area contributed by atoms with Crippen molar-refractivity contribution in [3.05, 3.63) is 94.3 Å². The number of hydrogen-bond acceptors (Lipinski definition) is 4. The van der Waals surface area contributed by atoms with Crippen molar-refractivity contribution in [3.8, 4) is 5.13 Å². The fourth-order valence-corrected chi connectivity index (χ4v) is 4.18. The molecule has 31 heavy (non-hydrogen) atoms. The number of benzene rings is 2. The summed E-state index contributed by atoms with van der Waals surface area (Å²) >= 11 is 1.52. The summed E-state index contributed by atoms with van der Waals surface area (Å²) in [6, 6.07) is 16.3. The number of carbonyl (C=O) groups excluding carboxylic acids is 2. The average Bonchev–Trinajstić information content (AvgIpc) is 3.38. The lowest BCUT2D eigenvalue weighted by Crippen LogP contribution is -2.15. The summed E-state index contributed by atoms with van der Waals surface area (Å²) < 4.78 is 1.98. The highest BCUT2D eigenvalue weighted by atomic mass is 32.1. The third kappa shape index (κ3) is 4.27. The second-order valence-electron chi connectivity index (χ2n) is 7.24. The van der Waals surface area contributed by atoms with Crippen LogP contribution in [-0.2, 0) is 0 Å². The summed E-state index contributed by atoms with van der Waals surface area (Å²) in [4.78, 5) is 29.8. The molecular formula is C24H22N4O2S. The normalized spacial score (nSPS) is 10.7. The molecule has 0 saturated carbocycles. The lowest BCUT2D eigenvalue weighted by atomic mass is 10.1. The fraction of sp³-hybridized carbons (Fsp3) is 0.125. The number of carbonyl (C=O) groups is 2. The van der Waals surface area contributed by atoms with Gasteiger partial charge in [-0.2, -0.15) is 0 Å². The van der Waals surface area contributed by atoms with Crippen molar-refractivity contribution in [2.45, 2.75) is 20.8 Å². The molecule has 156 valence electrons. The molecule has 2 aromatic carbocycles. The largest absolute Gasteiger partial charge is 0.322 e. The highest BCUT2D eigenvalue weighted by Crippen LogP contribution is 2.25. The number of nitrogens with zero attached hydrogens (tertiary/aromatic N) is 2. The zero-order chi connectivity index (χ0) is 22.0. The van der Waals surface area contributed by atoms with Crippen LogP contribution in [0.25, 0.3) is 5.13 Å². The van der Waals surface area contributed by atoms with E-state index in [2.05, 4.69) is 15.6 Å². The molecule has 7 heteroatoms. The molecule has 0 radical (unpaired) electrons. The number of amides is 2. The summed E-state index contributed by atoms with van der Waals surface area (Å²) in [6.07, 6.45) is 1.75. The van der Waals surface area contributed by atoms with Crippen molar-refractivity contribution < 1.29 is 9.59 Å². The molecule has 0 aliphatic rings. The second-order valence-corrected chi connectivity index (χ2v) is 8.11. The topological polar surface area (TPSA) is 76.0 Å². The third-order valence-electron chi connectivity index (χ3n) is 5.07. The van der Waals surface area contributed by atoms with Gasteiger partial charge in [-0.3, -0.25) is 14.2 Å². The van der Waals surface area contributed by atoms with E-state index in [1.165, 1.54) is 11.3 Å². The molecule has 0 atom stereocenters. The van der Waals surface area contributed by atoms with Crippen LogP contribution in [0.3, 0.4) is 0 Å². The Morgan fingerprint density at radius 3 is 2.42 bits per heavy atom. The van der Waals surface area contributed by atoms with Crippen molar-refractivity contribution in [1.82, 2.24) is 9.55 Å². The number of aryl methyl sites for hydroxylation is 2. The fourth-order valence-electron chi connectivity index (χ4n) is 3.43. The third-order valence-corrected chi connectivity index (χ3v) is 5.82. The molecule has 0 saturated heterocycles. The number of nitrogens with one attached hydrogen (secondary N) is 2. The summed E-state index contributed by atoms with van der Waals surface area (Å²) in [5.74, 6) is -0.403. The van der Waals surface area contributed by atoms with E-state index in [0.717, 1.165) is 22.1 Å². The molecule has 2 N–H and O–H groups in total. The quantitative estimate of drug-likeness (QED) is 0.447. The van der Waals surface area contributed by atoms with Gasteiger partial charge < -0.3 is 10.6 Å². The first-order valence-electron chi connectivity index (χ1n) is 9.81. The van der Waals surface area contributed by atoms with Gasteiger partial charge in [-0.15, -0.1) is 11.3 Å². The number of thiazole rings is 1. The number of aromatic nitrogens is 2. The molecule has 2 amide bonds. The summed E-state index contributed by atoms with van der Waals surface area (Å²) in [5, 5.41) is 8.61. The first-order chi connectivity index (χ1) is 14.9. The number of anilines is 2. The van der Waals surface area contributed by atoms with Gasteiger partial charge in [0.2, 0.25) is 0 Å². The van der Waals surface area contributed by atoms with Gasteiger partial charge in [0.05, 0.1) is 5.56 Å². The molecule has 0 bridgehead atoms. The molecule has 0 aliphatic heterocycles. The van der Waals surface area contributed by atoms with Gasteiger partial charge in [0.1, 0.15) is 0 Å². The van der Waals surface area contributed by atoms with Gasteiger partial charge in [-0.1, -0.05) is 24.3 Å². The standard InChI is InChI=1S/C24H22N4O2S/c1-15-9-10-19(26-22(29)18-7-5-4-6-8-18)14-21(15)27-23(30)20-13-16(2)28(17(20)3)24-25-11-12-31-24/h4-14H,1-3H3,(H,26,29)(H,27,30). The highest BCUT2D eigenvalue weighted by molar-refractivity contribution is 7.12. The molecular weight excluding hydrogens is 408 g/mol. The number of rotatable bonds is 5. The minimum atomic E-state index is -0.203. The smallest absolute Gasteiger partial charge is 0.257 e. The minimum Gasteiger partial charge on any atom is -0.322 e. The summed E-state index contributed by atoms with van der Waals surface area (Å²) in [7, 11) is 0. The minimum absolute atomic E-state index is 0.200. The van der Waals surface area contributed by atoms with E-state index in [-0.39, 0.29) is 11.8 Å². The Bertz CT molecular complexity index is 1240. The first kappa shape index (κ1) is 20.6. The molecule has 4 rings (SSSR count). The molecule has 0 aliphatic carbocycles. The van der Waals surface area contributed by atoms with E-state index in [0.29, 0.717) is 22.5 Å². The molecule has 0 unspecified atom stereocenters. The van der Waals surface area contributed by atoms with Crippen molar-refractivity contribution >= 4 is 34.5 Å². The molecule has 4 aromatic rings. The SMILES string of the molecule is Cc1ccc(NC(=O)c2ccccc2)cc1NC(=O)c1cc(C)n(-c2nccs2)c1C. The lowest BCUT2D eigenvalue weighted by molar-refractivity contribution is 0.101. The van der Waals surface area contributed by atoms with Crippen LogP contribution in [0, 0.1) is 20.8 Å². The highest BCUT2D eigenvalue weighted by Gasteiger charge is 2.18. The van der Waals surface area contributed by atoms with Gasteiger partial charge in [0, 0.05) is 39.9 Å². The first-order valence-corrected chi connectivity index (χ1v) is 10.7. The number of hydrogen-bond donors (Lipinski definition) is 2. The maximum absolute atomic E-state index is 13.0. The Labute approximate surface area is 184 Å². The zero-order valence-corrected chi connectivity index (χ0v) is 18.3. The van der Waals surface area contributed by atoms with Gasteiger partial charge in [0.25, 0.3) is 11.8 Å². The van der Waals surface area contributed by atoms with E-state index in [1.54, 1.807) is 24.4 Å². The van der Waals surface area contributed by atoms with E-state index < -0.39 is 0 Å². The Kier molecular flexibility index (Phi) is 5.68. The molecule has 2 heterocycles. The van der Waals surface area contributed by atoms with Crippen molar-refractivity contribution in [2.24, 2.45) is 0 Å². The summed E-state index contributed by atoms with van der Waals surface area (Å²) in [5.41, 5.74) is 5.10. The van der Waals surface area contributed by atoms with Gasteiger partial charge in [-0.05, 0) is 56.7 Å². The Hall–Kier alpha value is -3.71. The predicted molar refractivity (Wildman–Crippen MR) is 124 cm³/mol. The van der Waals surface area contributed by atoms with Gasteiger partial charge in [-0.25, -0.2) is 4.98 Å². The Balaban J connectivity index is 1.56. The van der Waals surface area contributed by atoms with Crippen molar-refractivity contribution in [1.29, 1.82) is 0 Å². The predicted octanol–water partition coefficient (Wildman–Crippen LogP) is 5.36. The van der Waals surface area contributed by atoms with E-state index >= 15 is 0 Å².